The van der Waals surface area contributed by atoms with Gasteiger partial charge in [0.15, 0.2) is 0 Å². The Morgan fingerprint density at radius 3 is 2.38 bits per heavy atom. The van der Waals surface area contributed by atoms with Crippen molar-refractivity contribution in [1.29, 1.82) is 0 Å². The van der Waals surface area contributed by atoms with E-state index in [0.717, 1.165) is 18.7 Å². The zero-order valence-electron chi connectivity index (χ0n) is 19.7. The van der Waals surface area contributed by atoms with Crippen molar-refractivity contribution in [2.45, 2.75) is 105 Å². The maximum Gasteiger partial charge on any atom is 0.220 e. The van der Waals surface area contributed by atoms with Crippen LogP contribution >= 0.6 is 0 Å². The number of benzene rings is 1. The Bertz CT molecular complexity index is 665. The van der Waals surface area contributed by atoms with Gasteiger partial charge in [-0.05, 0) is 89.5 Å². The average Bonchev–Trinajstić information content (AvgIpc) is 3.15. The van der Waals surface area contributed by atoms with Crippen LogP contribution in [0.15, 0.2) is 12.1 Å². The van der Waals surface area contributed by atoms with Gasteiger partial charge in [0.1, 0.15) is 5.75 Å². The number of amides is 1. The number of nitrogens with one attached hydrogen (secondary N) is 1. The first-order valence-corrected chi connectivity index (χ1v) is 11.4. The minimum Gasteiger partial charge on any atom is -0.496 e. The summed E-state index contributed by atoms with van der Waals surface area (Å²) in [5.41, 5.74) is 3.87. The van der Waals surface area contributed by atoms with Crippen LogP contribution in [0.4, 0.5) is 0 Å². The molecule has 4 nitrogen and oxygen atoms in total. The highest BCUT2D eigenvalue weighted by Crippen LogP contribution is 2.28. The SMILES string of the molecule is COc1ccc(CN(C(C)C)C(C)CC(C)NC(=O)CC2CCCC2)c(C)c1C. The molecule has 1 saturated carbocycles. The Morgan fingerprint density at radius 2 is 1.79 bits per heavy atom. The standard InChI is InChI=1S/C25H42N2O2/c1-17(2)27(16-23-12-13-24(29-7)21(6)20(23)5)19(4)14-18(3)26-25(28)15-22-10-8-9-11-22/h12-13,17-19,22H,8-11,14-16H2,1-7H3,(H,26,28). The van der Waals surface area contributed by atoms with Crippen molar-refractivity contribution < 1.29 is 9.53 Å². The highest BCUT2D eigenvalue weighted by Gasteiger charge is 2.23. The van der Waals surface area contributed by atoms with Gasteiger partial charge in [0.2, 0.25) is 5.91 Å². The molecular weight excluding hydrogens is 360 g/mol. The molecule has 2 atom stereocenters. The van der Waals surface area contributed by atoms with Crippen molar-refractivity contribution in [2.75, 3.05) is 7.11 Å². The van der Waals surface area contributed by atoms with Crippen molar-refractivity contribution in [2.24, 2.45) is 5.92 Å². The number of methoxy groups -OCH3 is 1. The second-order valence-electron chi connectivity index (χ2n) is 9.35. The second kappa shape index (κ2) is 11.0. The Balaban J connectivity index is 1.95. The number of ether oxygens (including phenoxy) is 1. The molecule has 0 radical (unpaired) electrons. The number of rotatable bonds is 10. The summed E-state index contributed by atoms with van der Waals surface area (Å²) >= 11 is 0. The summed E-state index contributed by atoms with van der Waals surface area (Å²) in [4.78, 5) is 14.9. The molecular formula is C25H42N2O2. The molecule has 2 rings (SSSR count). The molecule has 1 N–H and O–H groups in total. The van der Waals surface area contributed by atoms with Crippen molar-refractivity contribution in [3.8, 4) is 5.75 Å². The van der Waals surface area contributed by atoms with E-state index in [0.29, 0.717) is 24.4 Å². The van der Waals surface area contributed by atoms with Gasteiger partial charge in [-0.1, -0.05) is 18.9 Å². The van der Waals surface area contributed by atoms with Crippen LogP contribution in [0.2, 0.25) is 0 Å². The summed E-state index contributed by atoms with van der Waals surface area (Å²) in [5.74, 6) is 1.79. The Labute approximate surface area is 178 Å². The molecule has 0 aliphatic heterocycles. The van der Waals surface area contributed by atoms with Crippen LogP contribution in [-0.2, 0) is 11.3 Å². The van der Waals surface area contributed by atoms with Crippen LogP contribution in [0, 0.1) is 19.8 Å². The van der Waals surface area contributed by atoms with E-state index in [4.69, 9.17) is 4.74 Å². The predicted molar refractivity (Wildman–Crippen MR) is 121 cm³/mol. The summed E-state index contributed by atoms with van der Waals surface area (Å²) in [7, 11) is 1.73. The average molecular weight is 403 g/mol. The summed E-state index contributed by atoms with van der Waals surface area (Å²) in [6, 6.07) is 5.29. The highest BCUT2D eigenvalue weighted by atomic mass is 16.5. The normalized spacial score (nSPS) is 17.0. The molecule has 0 spiro atoms. The van der Waals surface area contributed by atoms with Gasteiger partial charge < -0.3 is 10.1 Å². The first-order valence-electron chi connectivity index (χ1n) is 11.4. The van der Waals surface area contributed by atoms with E-state index in [1.54, 1.807) is 7.11 Å². The smallest absolute Gasteiger partial charge is 0.220 e. The Kier molecular flexibility index (Phi) is 9.01. The lowest BCUT2D eigenvalue weighted by molar-refractivity contribution is -0.122. The van der Waals surface area contributed by atoms with Crippen molar-refractivity contribution in [3.63, 3.8) is 0 Å². The first-order chi connectivity index (χ1) is 13.7. The van der Waals surface area contributed by atoms with Gasteiger partial charge in [0, 0.05) is 31.1 Å². The van der Waals surface area contributed by atoms with Crippen molar-refractivity contribution in [3.05, 3.63) is 28.8 Å². The van der Waals surface area contributed by atoms with Gasteiger partial charge in [-0.25, -0.2) is 0 Å². The summed E-state index contributed by atoms with van der Waals surface area (Å²) in [5, 5.41) is 3.25. The lowest BCUT2D eigenvalue weighted by Crippen LogP contribution is -2.43. The number of nitrogens with zero attached hydrogens (tertiary/aromatic N) is 1. The molecule has 0 bridgehead atoms. The Hall–Kier alpha value is -1.55. The van der Waals surface area contributed by atoms with Gasteiger partial charge >= 0.3 is 0 Å². The van der Waals surface area contributed by atoms with E-state index in [2.05, 4.69) is 63.9 Å². The molecule has 1 fully saturated rings. The van der Waals surface area contributed by atoms with Crippen LogP contribution < -0.4 is 10.1 Å². The predicted octanol–water partition coefficient (Wildman–Crippen LogP) is 5.39. The van der Waals surface area contributed by atoms with E-state index in [1.807, 2.05) is 0 Å². The fourth-order valence-electron chi connectivity index (χ4n) is 4.80. The van der Waals surface area contributed by atoms with Crippen LogP contribution in [0.25, 0.3) is 0 Å². The van der Waals surface area contributed by atoms with Gasteiger partial charge in [-0.3, -0.25) is 9.69 Å². The molecule has 1 aliphatic rings. The highest BCUT2D eigenvalue weighted by molar-refractivity contribution is 5.76. The van der Waals surface area contributed by atoms with Crippen LogP contribution in [0.5, 0.6) is 5.75 Å². The lowest BCUT2D eigenvalue weighted by atomic mass is 9.99. The van der Waals surface area contributed by atoms with Crippen molar-refractivity contribution >= 4 is 5.91 Å². The molecule has 164 valence electrons. The van der Waals surface area contributed by atoms with E-state index in [9.17, 15) is 4.79 Å². The molecule has 0 aromatic heterocycles. The number of carbonyl (C=O) groups excluding carboxylic acids is 1. The molecule has 1 aromatic rings. The van der Waals surface area contributed by atoms with E-state index in [1.165, 1.54) is 42.4 Å². The third-order valence-electron chi connectivity index (χ3n) is 6.70. The summed E-state index contributed by atoms with van der Waals surface area (Å²) in [6.07, 6.45) is 6.69. The number of hydrogen-bond acceptors (Lipinski definition) is 3. The molecule has 29 heavy (non-hydrogen) atoms. The summed E-state index contributed by atoms with van der Waals surface area (Å²) in [6.45, 7) is 14.2. The summed E-state index contributed by atoms with van der Waals surface area (Å²) < 4.78 is 5.46. The van der Waals surface area contributed by atoms with Gasteiger partial charge in [-0.2, -0.15) is 0 Å². The fraction of sp³-hybridized carbons (Fsp3) is 0.720. The topological polar surface area (TPSA) is 41.6 Å². The maximum atomic E-state index is 12.4. The molecule has 0 saturated heterocycles. The third kappa shape index (κ3) is 6.74. The minimum absolute atomic E-state index is 0.193. The minimum atomic E-state index is 0.193. The first kappa shape index (κ1) is 23.7. The van der Waals surface area contributed by atoms with Crippen LogP contribution in [0.3, 0.4) is 0 Å². The zero-order valence-corrected chi connectivity index (χ0v) is 19.7. The fourth-order valence-corrected chi connectivity index (χ4v) is 4.80. The van der Waals surface area contributed by atoms with Crippen LogP contribution in [0.1, 0.15) is 82.9 Å². The molecule has 1 aromatic carbocycles. The van der Waals surface area contributed by atoms with E-state index < -0.39 is 0 Å². The van der Waals surface area contributed by atoms with Crippen LogP contribution in [-0.4, -0.2) is 36.0 Å². The quantitative estimate of drug-likeness (QED) is 0.571. The molecule has 0 heterocycles. The largest absolute Gasteiger partial charge is 0.496 e. The number of carbonyl (C=O) groups is 1. The van der Waals surface area contributed by atoms with Crippen molar-refractivity contribution in [1.82, 2.24) is 10.2 Å². The molecule has 4 heteroatoms. The second-order valence-corrected chi connectivity index (χ2v) is 9.35. The third-order valence-corrected chi connectivity index (χ3v) is 6.70. The van der Waals surface area contributed by atoms with E-state index >= 15 is 0 Å². The molecule has 1 amide bonds. The maximum absolute atomic E-state index is 12.4. The van der Waals surface area contributed by atoms with E-state index in [-0.39, 0.29) is 11.9 Å². The number of hydrogen-bond donors (Lipinski definition) is 1. The van der Waals surface area contributed by atoms with Gasteiger partial charge in [-0.15, -0.1) is 0 Å². The molecule has 1 aliphatic carbocycles. The van der Waals surface area contributed by atoms with Gasteiger partial charge in [0.05, 0.1) is 7.11 Å². The zero-order chi connectivity index (χ0) is 21.6. The molecule has 2 unspecified atom stereocenters. The lowest BCUT2D eigenvalue weighted by Gasteiger charge is -2.35. The van der Waals surface area contributed by atoms with Gasteiger partial charge in [0.25, 0.3) is 0 Å². The monoisotopic (exact) mass is 402 g/mol. The Morgan fingerprint density at radius 1 is 1.14 bits per heavy atom.